The number of aromatic nitrogens is 1. The summed E-state index contributed by atoms with van der Waals surface area (Å²) in [4.78, 5) is 16.2. The van der Waals surface area contributed by atoms with Crippen molar-refractivity contribution in [2.24, 2.45) is 0 Å². The summed E-state index contributed by atoms with van der Waals surface area (Å²) < 4.78 is 32.6. The Morgan fingerprint density at radius 3 is 2.18 bits per heavy atom. The number of methoxy groups -OCH3 is 1. The number of amides is 1. The molecular formula is C30H28Cl2N2O4S. The molecular weight excluding hydrogens is 555 g/mol. The highest BCUT2D eigenvalue weighted by molar-refractivity contribution is 7.90. The highest BCUT2D eigenvalue weighted by Crippen LogP contribution is 2.48. The van der Waals surface area contributed by atoms with Gasteiger partial charge in [0.05, 0.1) is 29.0 Å². The molecule has 0 fully saturated rings. The van der Waals surface area contributed by atoms with Gasteiger partial charge in [-0.2, -0.15) is 0 Å². The molecule has 3 aromatic carbocycles. The molecule has 0 radical (unpaired) electrons. The van der Waals surface area contributed by atoms with Gasteiger partial charge >= 0.3 is 0 Å². The molecule has 1 aliphatic heterocycles. The van der Waals surface area contributed by atoms with Crippen LogP contribution in [0.5, 0.6) is 5.75 Å². The third kappa shape index (κ3) is 4.73. The topological polar surface area (TPSA) is 68.6 Å². The zero-order valence-corrected chi connectivity index (χ0v) is 24.5. The van der Waals surface area contributed by atoms with E-state index < -0.39 is 15.9 Å². The summed E-state index contributed by atoms with van der Waals surface area (Å²) in [6, 6.07) is 19.1. The van der Waals surface area contributed by atoms with Crippen molar-refractivity contribution in [1.82, 2.24) is 4.57 Å². The van der Waals surface area contributed by atoms with Crippen LogP contribution in [0.2, 0.25) is 10.0 Å². The zero-order chi connectivity index (χ0) is 28.2. The first-order chi connectivity index (χ1) is 18.4. The lowest BCUT2D eigenvalue weighted by molar-refractivity contribution is 0.0993. The van der Waals surface area contributed by atoms with E-state index in [4.69, 9.17) is 27.9 Å². The Labute approximate surface area is 238 Å². The van der Waals surface area contributed by atoms with Crippen LogP contribution in [0.15, 0.2) is 71.6 Å². The second-order valence-electron chi connectivity index (χ2n) is 9.99. The second kappa shape index (κ2) is 10.0. The van der Waals surface area contributed by atoms with Crippen LogP contribution in [0.25, 0.3) is 11.3 Å². The molecule has 4 aromatic rings. The number of sulfone groups is 1. The van der Waals surface area contributed by atoms with Crippen molar-refractivity contribution >= 4 is 44.6 Å². The first kappa shape index (κ1) is 27.3. The van der Waals surface area contributed by atoms with Gasteiger partial charge in [0.25, 0.3) is 5.91 Å². The van der Waals surface area contributed by atoms with Crippen LogP contribution in [0.4, 0.5) is 5.69 Å². The average molecular weight is 584 g/mol. The molecule has 0 aliphatic carbocycles. The van der Waals surface area contributed by atoms with Gasteiger partial charge in [0.2, 0.25) is 0 Å². The minimum Gasteiger partial charge on any atom is -0.496 e. The number of ether oxygens (including phenoxy) is 1. The molecule has 39 heavy (non-hydrogen) atoms. The van der Waals surface area contributed by atoms with Crippen molar-refractivity contribution < 1.29 is 17.9 Å². The number of rotatable bonds is 6. The number of carbonyl (C=O) groups excluding carboxylic acids is 1. The number of nitrogens with zero attached hydrogens (tertiary/aromatic N) is 2. The van der Waals surface area contributed by atoms with Gasteiger partial charge in [-0.25, -0.2) is 8.42 Å². The number of carbonyl (C=O) groups is 1. The van der Waals surface area contributed by atoms with Crippen molar-refractivity contribution in [1.29, 1.82) is 0 Å². The quantitative estimate of drug-likeness (QED) is 0.236. The number of anilines is 1. The van der Waals surface area contributed by atoms with Gasteiger partial charge in [-0.1, -0.05) is 41.4 Å². The van der Waals surface area contributed by atoms with E-state index in [0.717, 1.165) is 22.5 Å². The van der Waals surface area contributed by atoms with E-state index in [9.17, 15) is 13.2 Å². The van der Waals surface area contributed by atoms with Crippen molar-refractivity contribution in [2.45, 2.75) is 37.8 Å². The van der Waals surface area contributed by atoms with E-state index >= 15 is 0 Å². The summed E-state index contributed by atoms with van der Waals surface area (Å²) >= 11 is 12.6. The van der Waals surface area contributed by atoms with Gasteiger partial charge in [0.1, 0.15) is 11.8 Å². The van der Waals surface area contributed by atoms with Gasteiger partial charge in [-0.15, -0.1) is 0 Å². The van der Waals surface area contributed by atoms with Crippen molar-refractivity contribution in [3.8, 4) is 17.0 Å². The number of hydrogen-bond acceptors (Lipinski definition) is 4. The molecule has 2 heterocycles. The van der Waals surface area contributed by atoms with Gasteiger partial charge in [0.15, 0.2) is 9.84 Å². The molecule has 0 saturated carbocycles. The van der Waals surface area contributed by atoms with Crippen LogP contribution in [-0.2, 0) is 9.84 Å². The maximum absolute atomic E-state index is 14.2. The average Bonchev–Trinajstić information content (AvgIpc) is 3.40. The number of benzene rings is 3. The van der Waals surface area contributed by atoms with E-state index in [1.165, 1.54) is 12.3 Å². The second-order valence-corrected chi connectivity index (χ2v) is 12.9. The Bertz CT molecular complexity index is 1710. The van der Waals surface area contributed by atoms with Crippen LogP contribution in [0.1, 0.15) is 53.1 Å². The Kier molecular flexibility index (Phi) is 7.04. The molecule has 0 N–H and O–H groups in total. The zero-order valence-electron chi connectivity index (χ0n) is 22.2. The Morgan fingerprint density at radius 1 is 0.897 bits per heavy atom. The minimum atomic E-state index is -3.47. The smallest absolute Gasteiger partial charge is 0.261 e. The van der Waals surface area contributed by atoms with Gasteiger partial charge in [0, 0.05) is 33.6 Å². The van der Waals surface area contributed by atoms with E-state index in [2.05, 4.69) is 4.57 Å². The highest BCUT2D eigenvalue weighted by Gasteiger charge is 2.44. The van der Waals surface area contributed by atoms with Crippen molar-refractivity contribution in [3.05, 3.63) is 99.2 Å². The van der Waals surface area contributed by atoms with Gasteiger partial charge in [-0.05, 0) is 80.4 Å². The van der Waals surface area contributed by atoms with E-state index in [1.54, 1.807) is 30.2 Å². The lowest BCUT2D eigenvalue weighted by Crippen LogP contribution is -2.30. The molecule has 6 nitrogen and oxygen atoms in total. The standard InChI is InChI=1S/C30H28Cl2N2O4S/c1-17(2)33-26(23-15-22(39(5,36)37)12-13-27(23)38-4)16-24-29(33)28(19-7-10-20(31)11-8-19)34(30(24)35)25-14-21(32)9-6-18(25)3/h6-17,28H,1-5H3. The lowest BCUT2D eigenvalue weighted by atomic mass is 10.0. The largest absolute Gasteiger partial charge is 0.496 e. The normalized spacial score (nSPS) is 15.2. The highest BCUT2D eigenvalue weighted by atomic mass is 35.5. The maximum Gasteiger partial charge on any atom is 0.261 e. The maximum atomic E-state index is 14.2. The number of fused-ring (bicyclic) bond motifs is 1. The third-order valence-electron chi connectivity index (χ3n) is 7.05. The Balaban J connectivity index is 1.82. The summed E-state index contributed by atoms with van der Waals surface area (Å²) in [5, 5.41) is 1.13. The molecule has 1 unspecified atom stereocenters. The molecule has 1 atom stereocenters. The van der Waals surface area contributed by atoms with Crippen LogP contribution in [0, 0.1) is 6.92 Å². The number of halogens is 2. The predicted octanol–water partition coefficient (Wildman–Crippen LogP) is 7.51. The van der Waals surface area contributed by atoms with Crippen molar-refractivity contribution in [3.63, 3.8) is 0 Å². The molecule has 1 amide bonds. The predicted molar refractivity (Wildman–Crippen MR) is 156 cm³/mol. The Morgan fingerprint density at radius 2 is 1.56 bits per heavy atom. The summed E-state index contributed by atoms with van der Waals surface area (Å²) in [6.07, 6.45) is 1.17. The molecule has 0 saturated heterocycles. The van der Waals surface area contributed by atoms with Gasteiger partial charge < -0.3 is 9.30 Å². The van der Waals surface area contributed by atoms with Crippen LogP contribution in [0.3, 0.4) is 0 Å². The fraction of sp³-hybridized carbons (Fsp3) is 0.233. The minimum absolute atomic E-state index is 0.0710. The van der Waals surface area contributed by atoms with E-state index in [1.807, 2.05) is 63.2 Å². The van der Waals surface area contributed by atoms with Crippen LogP contribution in [-0.4, -0.2) is 32.3 Å². The molecule has 0 spiro atoms. The molecule has 1 aromatic heterocycles. The summed E-state index contributed by atoms with van der Waals surface area (Å²) in [5.74, 6) is 0.340. The van der Waals surface area contributed by atoms with Gasteiger partial charge in [-0.3, -0.25) is 9.69 Å². The third-order valence-corrected chi connectivity index (χ3v) is 8.65. The summed E-state index contributed by atoms with van der Waals surface area (Å²) in [7, 11) is -1.93. The monoisotopic (exact) mass is 582 g/mol. The van der Waals surface area contributed by atoms with Crippen LogP contribution >= 0.6 is 23.2 Å². The molecule has 5 rings (SSSR count). The van der Waals surface area contributed by atoms with E-state index in [0.29, 0.717) is 32.6 Å². The fourth-order valence-corrected chi connectivity index (χ4v) is 6.22. The van der Waals surface area contributed by atoms with Crippen LogP contribution < -0.4 is 9.64 Å². The first-order valence-corrected chi connectivity index (χ1v) is 15.1. The van der Waals surface area contributed by atoms with Crippen molar-refractivity contribution in [2.75, 3.05) is 18.3 Å². The molecule has 1 aliphatic rings. The lowest BCUT2D eigenvalue weighted by Gasteiger charge is -2.30. The fourth-order valence-electron chi connectivity index (χ4n) is 5.28. The number of hydrogen-bond donors (Lipinski definition) is 0. The molecule has 9 heteroatoms. The summed E-state index contributed by atoms with van der Waals surface area (Å²) in [6.45, 7) is 6.02. The Hall–Kier alpha value is -3.26. The summed E-state index contributed by atoms with van der Waals surface area (Å²) in [5.41, 5.74) is 5.15. The number of aryl methyl sites for hydroxylation is 1. The molecule has 0 bridgehead atoms. The first-order valence-electron chi connectivity index (χ1n) is 12.4. The van der Waals surface area contributed by atoms with E-state index in [-0.39, 0.29) is 16.8 Å². The molecule has 202 valence electrons. The SMILES string of the molecule is COc1ccc(S(C)(=O)=O)cc1-c1cc2c(n1C(C)C)C(c1ccc(Cl)cc1)N(c1cc(Cl)ccc1C)C2=O.